The van der Waals surface area contributed by atoms with Crippen LogP contribution in [0.1, 0.15) is 5.01 Å². The van der Waals surface area contributed by atoms with Crippen LogP contribution in [0, 0.1) is 0 Å². The van der Waals surface area contributed by atoms with E-state index in [0.29, 0.717) is 10.0 Å². The normalized spacial score (nSPS) is 10.4. The van der Waals surface area contributed by atoms with Crippen molar-refractivity contribution in [1.29, 1.82) is 0 Å². The zero-order valence-electron chi connectivity index (χ0n) is 8.61. The summed E-state index contributed by atoms with van der Waals surface area (Å²) in [5, 5.41) is 12.2. The Morgan fingerprint density at radius 1 is 1.50 bits per heavy atom. The number of hydrogen-bond acceptors (Lipinski definition) is 4. The molecule has 1 N–H and O–H groups in total. The first-order valence-corrected chi connectivity index (χ1v) is 5.89. The lowest BCUT2D eigenvalue weighted by molar-refractivity contribution is 0.281. The Hall–Kier alpha value is -1.10. The Morgan fingerprint density at radius 3 is 2.94 bits per heavy atom. The van der Waals surface area contributed by atoms with Crippen molar-refractivity contribution in [1.82, 2.24) is 4.98 Å². The largest absolute Gasteiger partial charge is 0.496 e. The second kappa shape index (κ2) is 4.82. The van der Waals surface area contributed by atoms with Crippen LogP contribution in [-0.2, 0) is 6.61 Å². The van der Waals surface area contributed by atoms with Gasteiger partial charge < -0.3 is 9.84 Å². The molecule has 0 aliphatic heterocycles. The number of hydrogen-bond donors (Lipinski definition) is 1. The quantitative estimate of drug-likeness (QED) is 0.917. The molecule has 1 aromatic carbocycles. The fourth-order valence-corrected chi connectivity index (χ4v) is 2.21. The number of ether oxygens (including phenoxy) is 1. The van der Waals surface area contributed by atoms with Gasteiger partial charge in [-0.2, -0.15) is 0 Å². The minimum atomic E-state index is -0.0481. The average Bonchev–Trinajstić information content (AvgIpc) is 2.77. The number of benzene rings is 1. The topological polar surface area (TPSA) is 42.4 Å². The predicted octanol–water partition coefficient (Wildman–Crippen LogP) is 2.96. The summed E-state index contributed by atoms with van der Waals surface area (Å²) < 4.78 is 5.24. The van der Waals surface area contributed by atoms with Crippen LogP contribution in [0.4, 0.5) is 0 Å². The summed E-state index contributed by atoms with van der Waals surface area (Å²) in [6, 6.07) is 5.37. The first-order chi connectivity index (χ1) is 7.74. The summed E-state index contributed by atoms with van der Waals surface area (Å²) in [6.45, 7) is -0.0481. The van der Waals surface area contributed by atoms with E-state index in [9.17, 15) is 0 Å². The zero-order valence-corrected chi connectivity index (χ0v) is 10.2. The number of halogens is 1. The third kappa shape index (κ3) is 2.19. The highest BCUT2D eigenvalue weighted by Crippen LogP contribution is 2.32. The first kappa shape index (κ1) is 11.4. The van der Waals surface area contributed by atoms with Crippen LogP contribution in [0.3, 0.4) is 0 Å². The maximum Gasteiger partial charge on any atom is 0.128 e. The number of aliphatic hydroxyl groups is 1. The Morgan fingerprint density at radius 2 is 2.31 bits per heavy atom. The highest BCUT2D eigenvalue weighted by atomic mass is 35.5. The minimum absolute atomic E-state index is 0.0481. The van der Waals surface area contributed by atoms with Gasteiger partial charge in [0.25, 0.3) is 0 Å². The highest BCUT2D eigenvalue weighted by Gasteiger charge is 2.10. The van der Waals surface area contributed by atoms with Gasteiger partial charge in [-0.05, 0) is 18.2 Å². The van der Waals surface area contributed by atoms with Crippen LogP contribution in [0.15, 0.2) is 23.6 Å². The second-order valence-electron chi connectivity index (χ2n) is 3.13. The summed E-state index contributed by atoms with van der Waals surface area (Å²) in [5.74, 6) is 0.721. The highest BCUT2D eigenvalue weighted by molar-refractivity contribution is 7.09. The maximum absolute atomic E-state index is 8.97. The molecule has 0 spiro atoms. The van der Waals surface area contributed by atoms with Crippen molar-refractivity contribution in [2.45, 2.75) is 6.61 Å². The molecule has 2 rings (SSSR count). The van der Waals surface area contributed by atoms with Gasteiger partial charge in [0.1, 0.15) is 10.8 Å². The first-order valence-electron chi connectivity index (χ1n) is 4.63. The van der Waals surface area contributed by atoms with Gasteiger partial charge in [-0.1, -0.05) is 11.6 Å². The van der Waals surface area contributed by atoms with Gasteiger partial charge in [0.05, 0.1) is 19.4 Å². The van der Waals surface area contributed by atoms with Crippen molar-refractivity contribution in [2.24, 2.45) is 0 Å². The van der Waals surface area contributed by atoms with Gasteiger partial charge in [-0.15, -0.1) is 11.3 Å². The number of aromatic nitrogens is 1. The monoisotopic (exact) mass is 255 g/mol. The summed E-state index contributed by atoms with van der Waals surface area (Å²) >= 11 is 7.34. The second-order valence-corrected chi connectivity index (χ2v) is 4.51. The molecule has 0 saturated heterocycles. The fourth-order valence-electron chi connectivity index (χ4n) is 1.39. The molecule has 0 amide bonds. The summed E-state index contributed by atoms with van der Waals surface area (Å²) in [4.78, 5) is 4.28. The third-order valence-corrected chi connectivity index (χ3v) is 3.19. The predicted molar refractivity (Wildman–Crippen MR) is 65.0 cm³/mol. The molecule has 0 aliphatic rings. The molecule has 84 valence electrons. The van der Waals surface area contributed by atoms with Crippen LogP contribution in [0.2, 0.25) is 5.02 Å². The lowest BCUT2D eigenvalue weighted by atomic mass is 10.1. The summed E-state index contributed by atoms with van der Waals surface area (Å²) in [5.41, 5.74) is 1.61. The van der Waals surface area contributed by atoms with Crippen molar-refractivity contribution in [2.75, 3.05) is 7.11 Å². The molecule has 16 heavy (non-hydrogen) atoms. The van der Waals surface area contributed by atoms with Crippen LogP contribution >= 0.6 is 22.9 Å². The standard InChI is InChI=1S/C11H10ClNO2S/c1-15-10-3-2-7(12)4-8(10)9-6-16-11(5-14)13-9/h2-4,6,14H,5H2,1H3. The van der Waals surface area contributed by atoms with E-state index in [-0.39, 0.29) is 6.61 Å². The van der Waals surface area contributed by atoms with Crippen LogP contribution in [-0.4, -0.2) is 17.2 Å². The lowest BCUT2D eigenvalue weighted by Gasteiger charge is -2.06. The number of rotatable bonds is 3. The minimum Gasteiger partial charge on any atom is -0.496 e. The average molecular weight is 256 g/mol. The van der Waals surface area contributed by atoms with E-state index in [1.807, 2.05) is 5.38 Å². The number of aliphatic hydroxyl groups excluding tert-OH is 1. The summed E-state index contributed by atoms with van der Waals surface area (Å²) in [6.07, 6.45) is 0. The Labute approximate surface area is 102 Å². The molecule has 0 aliphatic carbocycles. The van der Waals surface area contributed by atoms with Gasteiger partial charge in [0.15, 0.2) is 0 Å². The zero-order chi connectivity index (χ0) is 11.5. The molecule has 0 bridgehead atoms. The Balaban J connectivity index is 2.49. The smallest absolute Gasteiger partial charge is 0.128 e. The van der Waals surface area contributed by atoms with Crippen LogP contribution in [0.5, 0.6) is 5.75 Å². The molecule has 1 heterocycles. The van der Waals surface area contributed by atoms with Gasteiger partial charge in [-0.3, -0.25) is 0 Å². The van der Waals surface area contributed by atoms with E-state index in [0.717, 1.165) is 17.0 Å². The van der Waals surface area contributed by atoms with Gasteiger partial charge in [-0.25, -0.2) is 4.98 Å². The Bertz CT molecular complexity index is 498. The van der Waals surface area contributed by atoms with E-state index in [4.69, 9.17) is 21.4 Å². The van der Waals surface area contributed by atoms with E-state index >= 15 is 0 Å². The molecule has 0 unspecified atom stereocenters. The van der Waals surface area contributed by atoms with Gasteiger partial charge in [0, 0.05) is 16.0 Å². The van der Waals surface area contributed by atoms with Gasteiger partial charge in [0.2, 0.25) is 0 Å². The van der Waals surface area contributed by atoms with Crippen LogP contribution < -0.4 is 4.74 Å². The SMILES string of the molecule is COc1ccc(Cl)cc1-c1csc(CO)n1. The molecule has 5 heteroatoms. The van der Waals surface area contributed by atoms with Crippen molar-refractivity contribution in [3.05, 3.63) is 33.6 Å². The lowest BCUT2D eigenvalue weighted by Crippen LogP contribution is -1.88. The molecule has 0 saturated carbocycles. The van der Waals surface area contributed by atoms with Crippen molar-refractivity contribution >= 4 is 22.9 Å². The number of nitrogens with zero attached hydrogens (tertiary/aromatic N) is 1. The maximum atomic E-state index is 8.97. The van der Waals surface area contributed by atoms with E-state index < -0.39 is 0 Å². The molecule has 0 atom stereocenters. The van der Waals surface area contributed by atoms with E-state index in [1.165, 1.54) is 11.3 Å². The molecular weight excluding hydrogens is 246 g/mol. The fraction of sp³-hybridized carbons (Fsp3) is 0.182. The van der Waals surface area contributed by atoms with Crippen molar-refractivity contribution in [3.8, 4) is 17.0 Å². The number of methoxy groups -OCH3 is 1. The molecule has 2 aromatic rings. The van der Waals surface area contributed by atoms with E-state index in [1.54, 1.807) is 25.3 Å². The molecule has 0 radical (unpaired) electrons. The summed E-state index contributed by atoms with van der Waals surface area (Å²) in [7, 11) is 1.60. The van der Waals surface area contributed by atoms with Gasteiger partial charge >= 0.3 is 0 Å². The third-order valence-electron chi connectivity index (χ3n) is 2.12. The Kier molecular flexibility index (Phi) is 3.43. The molecule has 3 nitrogen and oxygen atoms in total. The molecule has 0 fully saturated rings. The van der Waals surface area contributed by atoms with Crippen LogP contribution in [0.25, 0.3) is 11.3 Å². The van der Waals surface area contributed by atoms with Crippen molar-refractivity contribution in [3.63, 3.8) is 0 Å². The number of thiazole rings is 1. The van der Waals surface area contributed by atoms with E-state index in [2.05, 4.69) is 4.98 Å². The van der Waals surface area contributed by atoms with Crippen molar-refractivity contribution < 1.29 is 9.84 Å². The molecule has 1 aromatic heterocycles. The molecular formula is C11H10ClNO2S.